The van der Waals surface area contributed by atoms with Crippen molar-refractivity contribution in [3.8, 4) is 0 Å². The van der Waals surface area contributed by atoms with E-state index in [0.717, 1.165) is 19.0 Å². The molecule has 1 fully saturated rings. The Kier molecular flexibility index (Phi) is 7.25. The third kappa shape index (κ3) is 5.71. The van der Waals surface area contributed by atoms with Crippen LogP contribution >= 0.6 is 0 Å². The summed E-state index contributed by atoms with van der Waals surface area (Å²) in [4.78, 5) is 0. The van der Waals surface area contributed by atoms with Gasteiger partial charge in [-0.3, -0.25) is 0 Å². The molecule has 0 amide bonds. The second-order valence-corrected chi connectivity index (χ2v) is 6.73. The Bertz CT molecular complexity index is 207. The van der Waals surface area contributed by atoms with Gasteiger partial charge in [0.15, 0.2) is 0 Å². The van der Waals surface area contributed by atoms with Crippen LogP contribution in [-0.4, -0.2) is 25.7 Å². The predicted molar refractivity (Wildman–Crippen MR) is 81.0 cm³/mol. The third-order valence-corrected chi connectivity index (χ3v) is 4.31. The molecule has 0 aromatic carbocycles. The van der Waals surface area contributed by atoms with Crippen molar-refractivity contribution in [3.63, 3.8) is 0 Å². The molecule has 2 nitrogen and oxygen atoms in total. The van der Waals surface area contributed by atoms with Crippen LogP contribution in [0.15, 0.2) is 0 Å². The molecule has 1 rings (SSSR count). The number of hydrogen-bond acceptors (Lipinski definition) is 2. The van der Waals surface area contributed by atoms with Gasteiger partial charge >= 0.3 is 0 Å². The minimum Gasteiger partial charge on any atom is -0.316 e. The van der Waals surface area contributed by atoms with Gasteiger partial charge in [-0.25, -0.2) is 0 Å². The smallest absolute Gasteiger partial charge is 0.00506 e. The minimum atomic E-state index is 0.621. The largest absolute Gasteiger partial charge is 0.316 e. The Labute approximate surface area is 114 Å². The van der Waals surface area contributed by atoms with Gasteiger partial charge < -0.3 is 10.6 Å². The van der Waals surface area contributed by atoms with Crippen molar-refractivity contribution >= 4 is 0 Å². The zero-order valence-electron chi connectivity index (χ0n) is 13.0. The first-order chi connectivity index (χ1) is 8.58. The van der Waals surface area contributed by atoms with Crippen LogP contribution in [0.3, 0.4) is 0 Å². The highest BCUT2D eigenvalue weighted by Gasteiger charge is 2.33. The van der Waals surface area contributed by atoms with Crippen molar-refractivity contribution in [2.24, 2.45) is 11.3 Å². The molecule has 1 saturated carbocycles. The van der Waals surface area contributed by atoms with Crippen molar-refractivity contribution in [3.05, 3.63) is 0 Å². The summed E-state index contributed by atoms with van der Waals surface area (Å²) in [5, 5.41) is 7.20. The van der Waals surface area contributed by atoms with Crippen LogP contribution in [0.2, 0.25) is 0 Å². The Morgan fingerprint density at radius 3 is 2.33 bits per heavy atom. The first-order valence-corrected chi connectivity index (χ1v) is 8.02. The van der Waals surface area contributed by atoms with E-state index < -0.39 is 0 Å². The van der Waals surface area contributed by atoms with Gasteiger partial charge in [0.25, 0.3) is 0 Å². The summed E-state index contributed by atoms with van der Waals surface area (Å²) in [6.07, 6.45) is 8.43. The topological polar surface area (TPSA) is 24.1 Å². The van der Waals surface area contributed by atoms with Crippen molar-refractivity contribution in [2.45, 2.75) is 72.3 Å². The van der Waals surface area contributed by atoms with E-state index in [1.807, 2.05) is 0 Å². The molecule has 0 heterocycles. The normalized spacial score (nSPS) is 20.5. The summed E-state index contributed by atoms with van der Waals surface area (Å²) in [6.45, 7) is 12.7. The number of nitrogens with one attached hydrogen (secondary N) is 2. The predicted octanol–water partition coefficient (Wildman–Crippen LogP) is 3.57. The molecule has 1 unspecified atom stereocenters. The molecule has 0 aromatic rings. The molecule has 0 saturated heterocycles. The molecular weight excluding hydrogens is 220 g/mol. The van der Waals surface area contributed by atoms with E-state index >= 15 is 0 Å². The van der Waals surface area contributed by atoms with Gasteiger partial charge in [-0.05, 0) is 57.0 Å². The maximum Gasteiger partial charge on any atom is 0.00506 e. The maximum atomic E-state index is 3.72. The van der Waals surface area contributed by atoms with Gasteiger partial charge in [0, 0.05) is 12.6 Å². The second kappa shape index (κ2) is 8.16. The lowest BCUT2D eigenvalue weighted by Gasteiger charge is -2.31. The van der Waals surface area contributed by atoms with Crippen molar-refractivity contribution < 1.29 is 0 Å². The highest BCUT2D eigenvalue weighted by atomic mass is 14.9. The fraction of sp³-hybridized carbons (Fsp3) is 1.00. The molecule has 1 atom stereocenters. The van der Waals surface area contributed by atoms with Gasteiger partial charge in [-0.15, -0.1) is 0 Å². The molecular formula is C16H34N2. The molecule has 0 aromatic heterocycles. The van der Waals surface area contributed by atoms with E-state index in [0.29, 0.717) is 11.5 Å². The summed E-state index contributed by atoms with van der Waals surface area (Å²) in [5.74, 6) is 0.839. The van der Waals surface area contributed by atoms with Gasteiger partial charge in [0.05, 0.1) is 0 Å². The molecule has 0 bridgehead atoms. The van der Waals surface area contributed by atoms with E-state index in [2.05, 4.69) is 38.3 Å². The molecule has 18 heavy (non-hydrogen) atoms. The van der Waals surface area contributed by atoms with E-state index in [1.54, 1.807) is 0 Å². The molecule has 1 aliphatic carbocycles. The molecule has 0 radical (unpaired) electrons. The summed E-state index contributed by atoms with van der Waals surface area (Å²) < 4.78 is 0. The Morgan fingerprint density at radius 1 is 1.11 bits per heavy atom. The highest BCUT2D eigenvalue weighted by molar-refractivity contribution is 4.87. The zero-order valence-corrected chi connectivity index (χ0v) is 13.0. The van der Waals surface area contributed by atoms with Crippen LogP contribution < -0.4 is 10.6 Å². The molecule has 0 spiro atoms. The summed E-state index contributed by atoms with van der Waals surface area (Å²) >= 11 is 0. The maximum absolute atomic E-state index is 3.72. The van der Waals surface area contributed by atoms with Crippen LogP contribution in [0, 0.1) is 11.3 Å². The lowest BCUT2D eigenvalue weighted by Crippen LogP contribution is -2.36. The van der Waals surface area contributed by atoms with Gasteiger partial charge in [0.2, 0.25) is 0 Å². The summed E-state index contributed by atoms with van der Waals surface area (Å²) in [5.41, 5.74) is 0.621. The Balaban J connectivity index is 2.22. The van der Waals surface area contributed by atoms with Crippen molar-refractivity contribution in [1.82, 2.24) is 10.6 Å². The number of rotatable bonds is 9. The monoisotopic (exact) mass is 254 g/mol. The highest BCUT2D eigenvalue weighted by Crippen LogP contribution is 2.42. The average molecular weight is 254 g/mol. The molecule has 2 heteroatoms. The van der Waals surface area contributed by atoms with E-state index in [9.17, 15) is 0 Å². The first-order valence-electron chi connectivity index (χ1n) is 8.02. The quantitative estimate of drug-likeness (QED) is 0.615. The zero-order chi connectivity index (χ0) is 13.4. The standard InChI is InChI=1S/C16H34N2/c1-5-18-15(4)8-11-17-13-16(12-14(2)3)9-6-7-10-16/h14-15,17-18H,5-13H2,1-4H3. The molecule has 108 valence electrons. The van der Waals surface area contributed by atoms with Crippen molar-refractivity contribution in [2.75, 3.05) is 19.6 Å². The van der Waals surface area contributed by atoms with E-state index in [-0.39, 0.29) is 0 Å². The van der Waals surface area contributed by atoms with Gasteiger partial charge in [-0.1, -0.05) is 33.6 Å². The summed E-state index contributed by atoms with van der Waals surface area (Å²) in [6, 6.07) is 0.645. The fourth-order valence-electron chi connectivity index (χ4n) is 3.57. The lowest BCUT2D eigenvalue weighted by atomic mass is 9.78. The van der Waals surface area contributed by atoms with Crippen molar-refractivity contribution in [1.29, 1.82) is 0 Å². The Morgan fingerprint density at radius 2 is 1.78 bits per heavy atom. The van der Waals surface area contributed by atoms with Crippen LogP contribution in [-0.2, 0) is 0 Å². The van der Waals surface area contributed by atoms with Gasteiger partial charge in [-0.2, -0.15) is 0 Å². The molecule has 2 N–H and O–H groups in total. The Hall–Kier alpha value is -0.0800. The van der Waals surface area contributed by atoms with Crippen LogP contribution in [0.25, 0.3) is 0 Å². The second-order valence-electron chi connectivity index (χ2n) is 6.73. The third-order valence-electron chi connectivity index (χ3n) is 4.31. The average Bonchev–Trinajstić information content (AvgIpc) is 2.73. The molecule has 0 aliphatic heterocycles. The van der Waals surface area contributed by atoms with Gasteiger partial charge in [0.1, 0.15) is 0 Å². The fourth-order valence-corrected chi connectivity index (χ4v) is 3.57. The van der Waals surface area contributed by atoms with E-state index in [1.165, 1.54) is 45.1 Å². The van der Waals surface area contributed by atoms with E-state index in [4.69, 9.17) is 0 Å². The minimum absolute atomic E-state index is 0.621. The van der Waals surface area contributed by atoms with Crippen LogP contribution in [0.1, 0.15) is 66.2 Å². The van der Waals surface area contributed by atoms with Crippen LogP contribution in [0.5, 0.6) is 0 Å². The van der Waals surface area contributed by atoms with Crippen LogP contribution in [0.4, 0.5) is 0 Å². The number of hydrogen-bond donors (Lipinski definition) is 2. The molecule has 1 aliphatic rings. The summed E-state index contributed by atoms with van der Waals surface area (Å²) in [7, 11) is 0. The lowest BCUT2D eigenvalue weighted by molar-refractivity contribution is 0.223. The SMILES string of the molecule is CCNC(C)CCNCC1(CC(C)C)CCCC1. The first kappa shape index (κ1) is 16.0.